The molecule has 0 aromatic rings. The third-order valence-electron chi connectivity index (χ3n) is 4.08. The summed E-state index contributed by atoms with van der Waals surface area (Å²) in [4.78, 5) is 1.81. The van der Waals surface area contributed by atoms with Gasteiger partial charge in [-0.25, -0.2) is 0 Å². The summed E-state index contributed by atoms with van der Waals surface area (Å²) in [5.41, 5.74) is 0. The summed E-state index contributed by atoms with van der Waals surface area (Å²) in [5, 5.41) is 0. The van der Waals surface area contributed by atoms with Gasteiger partial charge in [0.15, 0.2) is 0 Å². The van der Waals surface area contributed by atoms with Crippen LogP contribution in [0.15, 0.2) is 0 Å². The lowest BCUT2D eigenvalue weighted by Gasteiger charge is -2.40. The van der Waals surface area contributed by atoms with E-state index in [1.807, 2.05) is 4.90 Å². The Morgan fingerprint density at radius 3 is 2.27 bits per heavy atom. The fourth-order valence-corrected chi connectivity index (χ4v) is 3.45. The zero-order valence-electron chi connectivity index (χ0n) is 10.5. The van der Waals surface area contributed by atoms with Gasteiger partial charge in [0.1, 0.15) is 25.3 Å². The van der Waals surface area contributed by atoms with Gasteiger partial charge in [-0.15, -0.1) is 0 Å². The number of ether oxygens (including phenoxy) is 1. The molecule has 1 aliphatic heterocycles. The fourth-order valence-electron chi connectivity index (χ4n) is 3.45. The van der Waals surface area contributed by atoms with Crippen LogP contribution < -0.4 is 4.90 Å². The van der Waals surface area contributed by atoms with Crippen molar-refractivity contribution in [2.24, 2.45) is 5.92 Å². The number of quaternary nitrogens is 1. The van der Waals surface area contributed by atoms with Crippen LogP contribution in [-0.4, -0.2) is 31.3 Å². The Hall–Kier alpha value is -0.0800. The second kappa shape index (κ2) is 4.84. The molecule has 0 aromatic carbocycles. The molecule has 0 radical (unpaired) electrons. The molecule has 2 rings (SSSR count). The standard InChI is InChI=1S/C13H25NO/c1-10-5-4-6-13(7-10)14-8-11(2)15-12(3)9-14/h10-13H,4-9H2,1-3H3/p+1/t10-,11-,12+,13-/m0/s1. The van der Waals surface area contributed by atoms with Crippen molar-refractivity contribution >= 4 is 0 Å². The zero-order chi connectivity index (χ0) is 10.8. The average Bonchev–Trinajstić information content (AvgIpc) is 2.16. The maximum Gasteiger partial charge on any atom is 0.104 e. The van der Waals surface area contributed by atoms with Crippen molar-refractivity contribution in [3.63, 3.8) is 0 Å². The zero-order valence-corrected chi connectivity index (χ0v) is 10.5. The maximum atomic E-state index is 5.81. The maximum absolute atomic E-state index is 5.81. The summed E-state index contributed by atoms with van der Waals surface area (Å²) in [7, 11) is 0. The summed E-state index contributed by atoms with van der Waals surface area (Å²) in [6, 6.07) is 0.919. The minimum Gasteiger partial charge on any atom is -0.364 e. The Kier molecular flexibility index (Phi) is 3.68. The highest BCUT2D eigenvalue weighted by atomic mass is 16.5. The molecule has 2 fully saturated rings. The molecule has 1 saturated carbocycles. The van der Waals surface area contributed by atoms with Crippen LogP contribution in [0.3, 0.4) is 0 Å². The SMILES string of the molecule is C[C@H]1CCC[C@H]([NH+]2C[C@@H](C)O[C@@H](C)C2)C1. The average molecular weight is 212 g/mol. The van der Waals surface area contributed by atoms with E-state index in [1.165, 1.54) is 38.8 Å². The molecule has 2 aliphatic rings. The number of nitrogens with one attached hydrogen (secondary N) is 1. The minimum absolute atomic E-state index is 0.459. The molecule has 88 valence electrons. The predicted molar refractivity (Wildman–Crippen MR) is 62.1 cm³/mol. The number of rotatable bonds is 1. The highest BCUT2D eigenvalue weighted by Gasteiger charge is 2.33. The molecule has 5 atom stereocenters. The Bertz CT molecular complexity index is 197. The van der Waals surface area contributed by atoms with E-state index in [0.717, 1.165) is 12.0 Å². The first-order valence-corrected chi connectivity index (χ1v) is 6.65. The first-order valence-electron chi connectivity index (χ1n) is 6.65. The van der Waals surface area contributed by atoms with Gasteiger partial charge < -0.3 is 9.64 Å². The van der Waals surface area contributed by atoms with Crippen molar-refractivity contribution in [1.29, 1.82) is 0 Å². The fraction of sp³-hybridized carbons (Fsp3) is 1.00. The highest BCUT2D eigenvalue weighted by molar-refractivity contribution is 4.71. The topological polar surface area (TPSA) is 13.7 Å². The van der Waals surface area contributed by atoms with Crippen molar-refractivity contribution in [2.75, 3.05) is 13.1 Å². The molecule has 0 bridgehead atoms. The van der Waals surface area contributed by atoms with Crippen LogP contribution in [-0.2, 0) is 4.74 Å². The summed E-state index contributed by atoms with van der Waals surface area (Å²) < 4.78 is 5.81. The number of morpholine rings is 1. The molecule has 1 N–H and O–H groups in total. The van der Waals surface area contributed by atoms with Gasteiger partial charge in [-0.1, -0.05) is 13.3 Å². The van der Waals surface area contributed by atoms with E-state index in [1.54, 1.807) is 0 Å². The number of hydrogen-bond acceptors (Lipinski definition) is 1. The third-order valence-corrected chi connectivity index (χ3v) is 4.08. The molecule has 15 heavy (non-hydrogen) atoms. The van der Waals surface area contributed by atoms with E-state index in [4.69, 9.17) is 4.74 Å². The van der Waals surface area contributed by atoms with Crippen LogP contribution in [0.4, 0.5) is 0 Å². The second-order valence-electron chi connectivity index (χ2n) is 5.79. The van der Waals surface area contributed by atoms with E-state index in [-0.39, 0.29) is 0 Å². The van der Waals surface area contributed by atoms with Crippen LogP contribution in [0.5, 0.6) is 0 Å². The monoisotopic (exact) mass is 212 g/mol. The van der Waals surface area contributed by atoms with Gasteiger partial charge in [0.2, 0.25) is 0 Å². The molecule has 0 aromatic heterocycles. The number of hydrogen-bond donors (Lipinski definition) is 1. The van der Waals surface area contributed by atoms with Crippen molar-refractivity contribution in [3.8, 4) is 0 Å². The van der Waals surface area contributed by atoms with Crippen molar-refractivity contribution in [1.82, 2.24) is 0 Å². The second-order valence-corrected chi connectivity index (χ2v) is 5.79. The summed E-state index contributed by atoms with van der Waals surface area (Å²) in [5.74, 6) is 0.949. The van der Waals surface area contributed by atoms with Crippen LogP contribution in [0.2, 0.25) is 0 Å². The van der Waals surface area contributed by atoms with Gasteiger partial charge in [0.05, 0.1) is 6.04 Å². The van der Waals surface area contributed by atoms with Crippen LogP contribution >= 0.6 is 0 Å². The Balaban J connectivity index is 1.91. The predicted octanol–water partition coefficient (Wildman–Crippen LogP) is 1.26. The molecule has 2 heteroatoms. The van der Waals surface area contributed by atoms with Crippen LogP contribution in [0, 0.1) is 5.92 Å². The molecular weight excluding hydrogens is 186 g/mol. The first-order chi connectivity index (χ1) is 7.15. The van der Waals surface area contributed by atoms with Gasteiger partial charge in [-0.2, -0.15) is 0 Å². The summed E-state index contributed by atoms with van der Waals surface area (Å²) >= 11 is 0. The molecule has 1 heterocycles. The van der Waals surface area contributed by atoms with Crippen molar-refractivity contribution in [2.45, 2.75) is 64.7 Å². The van der Waals surface area contributed by atoms with Gasteiger partial charge in [0.25, 0.3) is 0 Å². The van der Waals surface area contributed by atoms with E-state index in [2.05, 4.69) is 20.8 Å². The van der Waals surface area contributed by atoms with Gasteiger partial charge in [-0.05, 0) is 32.6 Å². The molecular formula is C13H26NO+. The molecule has 1 saturated heterocycles. The highest BCUT2D eigenvalue weighted by Crippen LogP contribution is 2.22. The van der Waals surface area contributed by atoms with E-state index in [9.17, 15) is 0 Å². The van der Waals surface area contributed by atoms with Gasteiger partial charge in [0, 0.05) is 6.42 Å². The Morgan fingerprint density at radius 1 is 1.00 bits per heavy atom. The molecule has 1 aliphatic carbocycles. The minimum atomic E-state index is 0.459. The van der Waals surface area contributed by atoms with Crippen molar-refractivity contribution < 1.29 is 9.64 Å². The molecule has 1 unspecified atom stereocenters. The summed E-state index contributed by atoms with van der Waals surface area (Å²) in [6.45, 7) is 9.31. The van der Waals surface area contributed by atoms with E-state index >= 15 is 0 Å². The Morgan fingerprint density at radius 2 is 1.67 bits per heavy atom. The smallest absolute Gasteiger partial charge is 0.104 e. The largest absolute Gasteiger partial charge is 0.364 e. The first kappa shape index (κ1) is 11.4. The molecule has 2 nitrogen and oxygen atoms in total. The molecule has 0 amide bonds. The lowest BCUT2D eigenvalue weighted by Crippen LogP contribution is -3.19. The summed E-state index contributed by atoms with van der Waals surface area (Å²) in [6.07, 6.45) is 6.69. The van der Waals surface area contributed by atoms with Crippen LogP contribution in [0.1, 0.15) is 46.5 Å². The van der Waals surface area contributed by atoms with Gasteiger partial charge >= 0.3 is 0 Å². The van der Waals surface area contributed by atoms with Crippen LogP contribution in [0.25, 0.3) is 0 Å². The Labute approximate surface area is 94.0 Å². The lowest BCUT2D eigenvalue weighted by atomic mass is 9.86. The van der Waals surface area contributed by atoms with Gasteiger partial charge in [-0.3, -0.25) is 0 Å². The molecule has 0 spiro atoms. The lowest BCUT2D eigenvalue weighted by molar-refractivity contribution is -0.941. The third kappa shape index (κ3) is 2.94. The van der Waals surface area contributed by atoms with Crippen molar-refractivity contribution in [3.05, 3.63) is 0 Å². The van der Waals surface area contributed by atoms with E-state index < -0.39 is 0 Å². The normalized spacial score (nSPS) is 47.8. The quantitative estimate of drug-likeness (QED) is 0.691. The van der Waals surface area contributed by atoms with E-state index in [0.29, 0.717) is 12.2 Å².